The first kappa shape index (κ1) is 24.8. The molecule has 2 aromatic carbocycles. The van der Waals surface area contributed by atoms with Gasteiger partial charge in [-0.15, -0.1) is 11.3 Å². The number of fused-ring (bicyclic) bond motifs is 2. The van der Waals surface area contributed by atoms with Crippen molar-refractivity contribution < 1.29 is 4.79 Å². The summed E-state index contributed by atoms with van der Waals surface area (Å²) in [6.45, 7) is 4.13. The number of piperazine rings is 1. The molecule has 2 fully saturated rings. The zero-order valence-electron chi connectivity index (χ0n) is 21.9. The molecular formula is C32H31ClN4OS. The molecular weight excluding hydrogens is 524 g/mol. The van der Waals surface area contributed by atoms with Crippen LogP contribution in [-0.4, -0.2) is 51.3 Å². The van der Waals surface area contributed by atoms with E-state index in [1.165, 1.54) is 39.1 Å². The first-order chi connectivity index (χ1) is 19.1. The molecule has 0 radical (unpaired) electrons. The quantitative estimate of drug-likeness (QED) is 0.228. The number of rotatable bonds is 5. The van der Waals surface area contributed by atoms with Gasteiger partial charge in [0.15, 0.2) is 0 Å². The zero-order chi connectivity index (χ0) is 26.3. The molecule has 1 saturated carbocycles. The molecule has 7 heteroatoms. The summed E-state index contributed by atoms with van der Waals surface area (Å²) in [4.78, 5) is 23.9. The van der Waals surface area contributed by atoms with Gasteiger partial charge in [0.1, 0.15) is 5.65 Å². The fourth-order valence-electron chi connectivity index (χ4n) is 6.12. The molecule has 5 nitrogen and oxygen atoms in total. The molecule has 198 valence electrons. The van der Waals surface area contributed by atoms with Crippen molar-refractivity contribution in [3.05, 3.63) is 83.6 Å². The van der Waals surface area contributed by atoms with Crippen LogP contribution in [0.25, 0.3) is 37.4 Å². The van der Waals surface area contributed by atoms with Crippen molar-refractivity contribution >= 4 is 44.6 Å². The summed E-state index contributed by atoms with van der Waals surface area (Å²) in [5, 5.41) is 1.99. The number of amides is 1. The second-order valence-corrected chi connectivity index (χ2v) is 12.3. The SMILES string of the molecule is O=C(C1CCCC1)N1CCN(Cc2c(-c3ccc(Cl)cc3)nc3ccc(-c4cc5ccccc5s4)cn23)CC1. The molecule has 0 spiro atoms. The van der Waals surface area contributed by atoms with Crippen molar-refractivity contribution in [1.82, 2.24) is 19.2 Å². The van der Waals surface area contributed by atoms with Crippen LogP contribution in [0.3, 0.4) is 0 Å². The Kier molecular flexibility index (Phi) is 6.63. The number of carbonyl (C=O) groups is 1. The largest absolute Gasteiger partial charge is 0.340 e. The van der Waals surface area contributed by atoms with E-state index in [1.54, 1.807) is 0 Å². The number of carbonyl (C=O) groups excluding carboxylic acids is 1. The van der Waals surface area contributed by atoms with E-state index in [2.05, 4.69) is 75.0 Å². The van der Waals surface area contributed by atoms with Crippen LogP contribution in [-0.2, 0) is 11.3 Å². The maximum absolute atomic E-state index is 13.0. The lowest BCUT2D eigenvalue weighted by molar-refractivity contribution is -0.137. The van der Waals surface area contributed by atoms with Gasteiger partial charge in [-0.25, -0.2) is 4.98 Å². The topological polar surface area (TPSA) is 40.9 Å². The summed E-state index contributed by atoms with van der Waals surface area (Å²) in [5.74, 6) is 0.621. The minimum atomic E-state index is 0.249. The van der Waals surface area contributed by atoms with E-state index < -0.39 is 0 Å². The second kappa shape index (κ2) is 10.4. The van der Waals surface area contributed by atoms with Crippen molar-refractivity contribution in [2.45, 2.75) is 32.2 Å². The number of nitrogens with zero attached hydrogens (tertiary/aromatic N) is 4. The molecule has 4 heterocycles. The summed E-state index contributed by atoms with van der Waals surface area (Å²) in [6.07, 6.45) is 6.76. The lowest BCUT2D eigenvalue weighted by Gasteiger charge is -2.36. The summed E-state index contributed by atoms with van der Waals surface area (Å²) >= 11 is 8.04. The Morgan fingerprint density at radius 3 is 2.44 bits per heavy atom. The average molecular weight is 555 g/mol. The van der Waals surface area contributed by atoms with E-state index in [-0.39, 0.29) is 5.92 Å². The third-order valence-electron chi connectivity index (χ3n) is 8.31. The predicted molar refractivity (Wildman–Crippen MR) is 160 cm³/mol. The van der Waals surface area contributed by atoms with Gasteiger partial charge in [0, 0.05) is 70.6 Å². The van der Waals surface area contributed by atoms with Crippen molar-refractivity contribution in [3.8, 4) is 21.7 Å². The lowest BCUT2D eigenvalue weighted by Crippen LogP contribution is -2.49. The van der Waals surface area contributed by atoms with Crippen molar-refractivity contribution in [2.24, 2.45) is 5.92 Å². The van der Waals surface area contributed by atoms with E-state index in [1.807, 2.05) is 23.5 Å². The number of halogens is 1. The smallest absolute Gasteiger partial charge is 0.225 e. The summed E-state index contributed by atoms with van der Waals surface area (Å²) in [7, 11) is 0. The van der Waals surface area contributed by atoms with Crippen LogP contribution in [0.1, 0.15) is 31.4 Å². The molecule has 7 rings (SSSR count). The summed E-state index contributed by atoms with van der Waals surface area (Å²) < 4.78 is 3.56. The average Bonchev–Trinajstić information content (AvgIpc) is 3.73. The first-order valence-electron chi connectivity index (χ1n) is 13.9. The van der Waals surface area contributed by atoms with Crippen LogP contribution in [0, 0.1) is 5.92 Å². The van der Waals surface area contributed by atoms with Gasteiger partial charge in [0.25, 0.3) is 0 Å². The maximum Gasteiger partial charge on any atom is 0.225 e. The predicted octanol–water partition coefficient (Wildman–Crippen LogP) is 7.37. The maximum atomic E-state index is 13.0. The number of pyridine rings is 1. The number of hydrogen-bond donors (Lipinski definition) is 0. The van der Waals surface area contributed by atoms with Gasteiger partial charge < -0.3 is 9.30 Å². The van der Waals surface area contributed by atoms with Gasteiger partial charge >= 0.3 is 0 Å². The van der Waals surface area contributed by atoms with Gasteiger partial charge in [0.2, 0.25) is 5.91 Å². The van der Waals surface area contributed by atoms with Crippen molar-refractivity contribution in [1.29, 1.82) is 0 Å². The summed E-state index contributed by atoms with van der Waals surface area (Å²) in [6, 6.07) is 23.1. The number of hydrogen-bond acceptors (Lipinski definition) is 4. The minimum absolute atomic E-state index is 0.249. The number of imidazole rings is 1. The Morgan fingerprint density at radius 2 is 1.67 bits per heavy atom. The molecule has 1 saturated heterocycles. The Balaban J connectivity index is 1.21. The van der Waals surface area contributed by atoms with E-state index in [0.717, 1.165) is 67.5 Å². The highest BCUT2D eigenvalue weighted by atomic mass is 35.5. The standard InChI is InChI=1S/C32H31ClN4OS/c33-26-12-9-22(10-13-26)31-27(21-35-15-17-36(18-16-35)32(38)23-5-1-2-6-23)37-20-25(11-14-30(37)34-31)29-19-24-7-3-4-8-28(24)39-29/h3-4,7-14,19-20,23H,1-2,5-6,15-18,21H2. The molecule has 0 atom stereocenters. The second-order valence-electron chi connectivity index (χ2n) is 10.8. The number of benzene rings is 2. The highest BCUT2D eigenvalue weighted by Crippen LogP contribution is 2.35. The van der Waals surface area contributed by atoms with E-state index in [9.17, 15) is 4.79 Å². The normalized spacial score (nSPS) is 17.0. The molecule has 2 aliphatic rings. The van der Waals surface area contributed by atoms with Crippen LogP contribution in [0.15, 0.2) is 72.9 Å². The molecule has 1 aliphatic carbocycles. The van der Waals surface area contributed by atoms with Crippen LogP contribution in [0.4, 0.5) is 0 Å². The van der Waals surface area contributed by atoms with Gasteiger partial charge in [-0.1, -0.05) is 54.8 Å². The van der Waals surface area contributed by atoms with Crippen LogP contribution >= 0.6 is 22.9 Å². The van der Waals surface area contributed by atoms with Gasteiger partial charge in [-0.3, -0.25) is 9.69 Å². The molecule has 1 aliphatic heterocycles. The molecule has 5 aromatic rings. The van der Waals surface area contributed by atoms with Gasteiger partial charge in [-0.05, 0) is 54.6 Å². The Morgan fingerprint density at radius 1 is 0.923 bits per heavy atom. The van der Waals surface area contributed by atoms with Crippen molar-refractivity contribution in [2.75, 3.05) is 26.2 Å². The highest BCUT2D eigenvalue weighted by Gasteiger charge is 2.30. The zero-order valence-corrected chi connectivity index (χ0v) is 23.4. The van der Waals surface area contributed by atoms with Crippen LogP contribution < -0.4 is 0 Å². The van der Waals surface area contributed by atoms with E-state index in [0.29, 0.717) is 5.91 Å². The van der Waals surface area contributed by atoms with Crippen LogP contribution in [0.5, 0.6) is 0 Å². The minimum Gasteiger partial charge on any atom is -0.340 e. The molecule has 39 heavy (non-hydrogen) atoms. The molecule has 0 unspecified atom stereocenters. The Labute approximate surface area is 237 Å². The van der Waals surface area contributed by atoms with Crippen molar-refractivity contribution in [3.63, 3.8) is 0 Å². The summed E-state index contributed by atoms with van der Waals surface area (Å²) in [5.41, 5.74) is 5.36. The third-order valence-corrected chi connectivity index (χ3v) is 9.72. The van der Waals surface area contributed by atoms with Gasteiger partial charge in [0.05, 0.1) is 11.4 Å². The number of aromatic nitrogens is 2. The molecule has 0 bridgehead atoms. The highest BCUT2D eigenvalue weighted by molar-refractivity contribution is 7.22. The molecule has 1 amide bonds. The number of thiophene rings is 1. The van der Waals surface area contributed by atoms with E-state index in [4.69, 9.17) is 16.6 Å². The first-order valence-corrected chi connectivity index (χ1v) is 15.1. The third kappa shape index (κ3) is 4.86. The fourth-order valence-corrected chi connectivity index (χ4v) is 7.30. The monoisotopic (exact) mass is 554 g/mol. The molecule has 3 aromatic heterocycles. The Bertz CT molecular complexity index is 1610. The van der Waals surface area contributed by atoms with Crippen LogP contribution in [0.2, 0.25) is 5.02 Å². The lowest BCUT2D eigenvalue weighted by atomic mass is 10.1. The Hall–Kier alpha value is -3.19. The van der Waals surface area contributed by atoms with E-state index >= 15 is 0 Å². The fraction of sp³-hybridized carbons (Fsp3) is 0.312. The molecule has 0 N–H and O–H groups in total. The van der Waals surface area contributed by atoms with Gasteiger partial charge in [-0.2, -0.15) is 0 Å².